The number of aryl methyl sites for hydroxylation is 1. The Balaban J connectivity index is 1.43. The highest BCUT2D eigenvalue weighted by atomic mass is 32.3. The molecule has 1 aromatic carbocycles. The third kappa shape index (κ3) is 8.68. The number of nitrogens with one attached hydrogen (secondary N) is 2. The summed E-state index contributed by atoms with van der Waals surface area (Å²) in [5.74, 6) is -2.53. The lowest BCUT2D eigenvalue weighted by atomic mass is 9.84. The second kappa shape index (κ2) is 14.9. The first-order chi connectivity index (χ1) is 22.6. The van der Waals surface area contributed by atoms with Gasteiger partial charge in [0, 0.05) is 28.7 Å². The number of hydrogen-bond acceptors (Lipinski definition) is 16. The molecule has 2 aromatic heterocycles. The molecule has 0 spiro atoms. The van der Waals surface area contributed by atoms with Gasteiger partial charge in [-0.25, -0.2) is 18.2 Å². The molecule has 1 aliphatic rings. The fourth-order valence-corrected chi connectivity index (χ4v) is 5.38. The molecule has 2 atom stereocenters. The van der Waals surface area contributed by atoms with Crippen molar-refractivity contribution in [1.29, 1.82) is 0 Å². The van der Waals surface area contributed by atoms with Crippen LogP contribution < -0.4 is 31.5 Å². The minimum Gasteiger partial charge on any atom is -0.724 e. The summed E-state index contributed by atoms with van der Waals surface area (Å²) in [5, 5.41) is 25.2. The van der Waals surface area contributed by atoms with Crippen LogP contribution in [-0.4, -0.2) is 94.1 Å². The molecular formula is C27H33N9O10S2. The molecular weight excluding hydrogens is 674 g/mol. The molecule has 19 nitrogen and oxygen atoms in total. The lowest BCUT2D eigenvalue weighted by Gasteiger charge is -2.51. The van der Waals surface area contributed by atoms with Crippen molar-refractivity contribution >= 4 is 56.2 Å². The Hall–Kier alpha value is -4.96. The van der Waals surface area contributed by atoms with E-state index >= 15 is 0 Å². The number of carbonyl (C=O) groups is 3. The van der Waals surface area contributed by atoms with Gasteiger partial charge in [0.15, 0.2) is 23.7 Å². The monoisotopic (exact) mass is 707 g/mol. The number of rotatable bonds is 16. The van der Waals surface area contributed by atoms with E-state index in [-0.39, 0.29) is 10.8 Å². The average Bonchev–Trinajstić information content (AvgIpc) is 3.45. The third-order valence-corrected chi connectivity index (χ3v) is 7.89. The van der Waals surface area contributed by atoms with E-state index in [4.69, 9.17) is 21.0 Å². The lowest BCUT2D eigenvalue weighted by Crippen LogP contribution is -2.76. The maximum atomic E-state index is 13.2. The number of β-lactam (4-membered cyclic amide) rings is 1. The van der Waals surface area contributed by atoms with Gasteiger partial charge in [-0.1, -0.05) is 9.84 Å². The molecule has 7 N–H and O–H groups in total. The van der Waals surface area contributed by atoms with Gasteiger partial charge in [0.05, 0.1) is 5.54 Å². The molecule has 0 bridgehead atoms. The van der Waals surface area contributed by atoms with Gasteiger partial charge in [0.2, 0.25) is 16.1 Å². The van der Waals surface area contributed by atoms with Gasteiger partial charge in [0.1, 0.15) is 24.1 Å². The Morgan fingerprint density at radius 3 is 2.52 bits per heavy atom. The van der Waals surface area contributed by atoms with Gasteiger partial charge in [-0.3, -0.25) is 9.59 Å². The molecule has 3 aromatic rings. The number of amides is 2. The quantitative estimate of drug-likeness (QED) is 0.0230. The van der Waals surface area contributed by atoms with E-state index in [0.717, 1.165) is 29.0 Å². The summed E-state index contributed by atoms with van der Waals surface area (Å²) < 4.78 is 44.5. The van der Waals surface area contributed by atoms with E-state index in [9.17, 15) is 32.5 Å². The van der Waals surface area contributed by atoms with E-state index in [2.05, 4.69) is 30.2 Å². The Morgan fingerprint density at radius 1 is 1.25 bits per heavy atom. The van der Waals surface area contributed by atoms with E-state index in [1.165, 1.54) is 19.2 Å². The molecule has 3 heterocycles. The minimum absolute atomic E-state index is 0.0480. The van der Waals surface area contributed by atoms with Crippen molar-refractivity contribution in [3.63, 3.8) is 0 Å². The Bertz CT molecular complexity index is 1800. The smallest absolute Gasteiger partial charge is 0.351 e. The van der Waals surface area contributed by atoms with Crippen LogP contribution in [0, 0.1) is 0 Å². The minimum atomic E-state index is -5.27. The fourth-order valence-electron chi connectivity index (χ4n) is 4.38. The highest BCUT2D eigenvalue weighted by molar-refractivity contribution is 7.80. The number of benzene rings is 1. The van der Waals surface area contributed by atoms with Crippen molar-refractivity contribution in [2.24, 2.45) is 17.9 Å². The molecule has 48 heavy (non-hydrogen) atoms. The molecule has 2 amide bonds. The first-order valence-electron chi connectivity index (χ1n) is 14.1. The second-order valence-electron chi connectivity index (χ2n) is 10.8. The van der Waals surface area contributed by atoms with Crippen molar-refractivity contribution < 1.29 is 51.0 Å². The number of carboxylic acids is 1. The van der Waals surface area contributed by atoms with Crippen molar-refractivity contribution in [2.45, 2.75) is 38.0 Å². The number of aliphatic carboxylic acids is 1. The lowest BCUT2D eigenvalue weighted by molar-refractivity contribution is -0.719. The van der Waals surface area contributed by atoms with E-state index in [1.54, 1.807) is 36.0 Å². The van der Waals surface area contributed by atoms with Crippen molar-refractivity contribution in [3.8, 4) is 17.0 Å². The molecule has 1 fully saturated rings. The zero-order valence-corrected chi connectivity index (χ0v) is 27.5. The molecule has 1 saturated heterocycles. The maximum Gasteiger partial charge on any atom is 0.351 e. The topological polar surface area (TPSA) is 278 Å². The standard InChI is InChI=1S/C27H33N9O10S2/c1-27(2)22(24(38)36(27)46-48(41,42)43)32-23(37)21(17-14-47-26(29)31-17)34-45-19(25(39)40)13-44-16-7-5-15(6-8-16)18-9-10-20(33-35(18)3)30-12-4-11-28/h5-10,14,19,22H,4,11-13,28H2,1-3H3,(H5-,29,30,31,32,33,37,39,40,41,42,43)/b34-21-/t19?,22-/m1/s1. The number of hydroxylamine groups is 2. The number of nitrogen functional groups attached to an aromatic ring is 1. The summed E-state index contributed by atoms with van der Waals surface area (Å²) in [6, 6.07) is 9.17. The van der Waals surface area contributed by atoms with Crippen molar-refractivity contribution in [2.75, 3.05) is 30.7 Å². The van der Waals surface area contributed by atoms with Gasteiger partial charge >= 0.3 is 5.97 Å². The van der Waals surface area contributed by atoms with Crippen LogP contribution in [0.25, 0.3) is 11.3 Å². The van der Waals surface area contributed by atoms with Gasteiger partial charge in [-0.2, -0.15) is 9.35 Å². The Kier molecular flexibility index (Phi) is 11.1. The molecule has 0 radical (unpaired) electrons. The highest BCUT2D eigenvalue weighted by Crippen LogP contribution is 2.33. The predicted molar refractivity (Wildman–Crippen MR) is 168 cm³/mol. The summed E-state index contributed by atoms with van der Waals surface area (Å²) in [4.78, 5) is 46.8. The first-order valence-corrected chi connectivity index (χ1v) is 16.3. The number of hydrogen-bond donors (Lipinski definition) is 5. The highest BCUT2D eigenvalue weighted by Gasteiger charge is 2.57. The summed E-state index contributed by atoms with van der Waals surface area (Å²) in [6.07, 6.45) is -0.886. The van der Waals surface area contributed by atoms with Crippen LogP contribution in [-0.2, 0) is 41.0 Å². The summed E-state index contributed by atoms with van der Waals surface area (Å²) in [7, 11) is -3.47. The van der Waals surface area contributed by atoms with Crippen LogP contribution in [0.1, 0.15) is 26.0 Å². The number of aromatic nitrogens is 3. The normalized spacial score (nSPS) is 16.5. The van der Waals surface area contributed by atoms with Crippen LogP contribution in [0.2, 0.25) is 0 Å². The molecule has 0 saturated carbocycles. The number of thiazole rings is 1. The van der Waals surface area contributed by atoms with Crippen LogP contribution in [0.15, 0.2) is 46.9 Å². The Labute approximate surface area is 278 Å². The molecule has 4 rings (SSSR count). The van der Waals surface area contributed by atoms with Gasteiger partial charge in [0.25, 0.3) is 17.9 Å². The summed E-state index contributed by atoms with van der Waals surface area (Å²) in [5.41, 5.74) is 10.7. The zero-order chi connectivity index (χ0) is 35.2. The summed E-state index contributed by atoms with van der Waals surface area (Å²) in [6.45, 7) is 3.41. The van der Waals surface area contributed by atoms with E-state index in [0.29, 0.717) is 29.7 Å². The average molecular weight is 708 g/mol. The summed E-state index contributed by atoms with van der Waals surface area (Å²) >= 11 is 0.949. The number of carbonyl (C=O) groups excluding carboxylic acids is 2. The molecule has 21 heteroatoms. The van der Waals surface area contributed by atoms with E-state index in [1.807, 2.05) is 12.1 Å². The predicted octanol–water partition coefficient (Wildman–Crippen LogP) is -0.877. The number of nitrogens with two attached hydrogens (primary N) is 2. The molecule has 0 aliphatic carbocycles. The van der Waals surface area contributed by atoms with E-state index < -0.39 is 58.2 Å². The maximum absolute atomic E-state index is 13.2. The number of oxime groups is 1. The van der Waals surface area contributed by atoms with Crippen LogP contribution >= 0.6 is 11.3 Å². The third-order valence-electron chi connectivity index (χ3n) is 6.89. The number of nitrogens with zero attached hydrogens (tertiary/aromatic N) is 5. The number of anilines is 2. The Morgan fingerprint density at radius 2 is 1.96 bits per heavy atom. The van der Waals surface area contributed by atoms with Crippen molar-refractivity contribution in [3.05, 3.63) is 47.5 Å². The first kappa shape index (κ1) is 35.9. The van der Waals surface area contributed by atoms with Gasteiger partial charge in [-0.15, -0.1) is 11.3 Å². The number of carboxylic acid groups (broad SMARTS) is 1. The van der Waals surface area contributed by atoms with Crippen LogP contribution in [0.5, 0.6) is 5.75 Å². The second-order valence-corrected chi connectivity index (χ2v) is 12.6. The molecule has 1 unspecified atom stereocenters. The molecule has 258 valence electrons. The number of ether oxygens (including phenoxy) is 1. The SMILES string of the molecule is C[n+]1nc(NCCCN)ccc1-c1ccc(OCC(O/N=C(\C(=O)N[C@@H]2C(=O)N(OS(=O)(=O)[O-])C2(C)C)c2csc(N)n2)C(=O)O)cc1. The van der Waals surface area contributed by atoms with Crippen LogP contribution in [0.4, 0.5) is 10.9 Å². The molecule has 1 aliphatic heterocycles. The largest absolute Gasteiger partial charge is 0.724 e. The fraction of sp³-hybridized carbons (Fsp3) is 0.370. The van der Waals surface area contributed by atoms with Gasteiger partial charge < -0.3 is 41.3 Å². The van der Waals surface area contributed by atoms with Gasteiger partial charge in [-0.05, 0) is 57.1 Å². The van der Waals surface area contributed by atoms with Crippen LogP contribution in [0.3, 0.4) is 0 Å². The zero-order valence-electron chi connectivity index (χ0n) is 25.9. The van der Waals surface area contributed by atoms with Crippen molar-refractivity contribution in [1.82, 2.24) is 20.5 Å².